The molecule has 228 valence electrons. The molecule has 2 aliphatic rings. The number of piperazine rings is 1. The van der Waals surface area contributed by atoms with Gasteiger partial charge in [-0.15, -0.1) is 0 Å². The molecular formula is C36H45ClN4O2. The molecule has 1 amide bonds. The number of hydrogen-bond acceptors (Lipinski definition) is 5. The van der Waals surface area contributed by atoms with Crippen LogP contribution in [0.1, 0.15) is 48.6 Å². The van der Waals surface area contributed by atoms with Gasteiger partial charge in [0.05, 0.1) is 6.04 Å². The fourth-order valence-corrected chi connectivity index (χ4v) is 6.69. The van der Waals surface area contributed by atoms with Crippen LogP contribution in [0.2, 0.25) is 5.02 Å². The predicted octanol–water partition coefficient (Wildman–Crippen LogP) is 5.40. The minimum absolute atomic E-state index is 0.0826. The maximum absolute atomic E-state index is 14.1. The summed E-state index contributed by atoms with van der Waals surface area (Å²) in [6.45, 7) is 11.1. The molecule has 0 aliphatic carbocycles. The quantitative estimate of drug-likeness (QED) is 0.302. The zero-order chi connectivity index (χ0) is 30.2. The maximum Gasteiger partial charge on any atom is 0.226 e. The Morgan fingerprint density at radius 2 is 1.53 bits per heavy atom. The number of nitrogens with one attached hydrogen (secondary N) is 1. The van der Waals surface area contributed by atoms with Crippen molar-refractivity contribution in [2.45, 2.75) is 51.7 Å². The molecule has 0 spiro atoms. The highest BCUT2D eigenvalue weighted by atomic mass is 35.5. The summed E-state index contributed by atoms with van der Waals surface area (Å²) in [5.74, 6) is -0.206. The minimum atomic E-state index is -0.403. The maximum atomic E-state index is 14.1. The van der Waals surface area contributed by atoms with E-state index in [1.807, 2.05) is 41.3 Å². The lowest BCUT2D eigenvalue weighted by Crippen LogP contribution is -2.53. The predicted molar refractivity (Wildman–Crippen MR) is 174 cm³/mol. The van der Waals surface area contributed by atoms with Crippen molar-refractivity contribution in [3.05, 3.63) is 106 Å². The summed E-state index contributed by atoms with van der Waals surface area (Å²) in [7, 11) is 0. The Kier molecular flexibility index (Phi) is 11.0. The van der Waals surface area contributed by atoms with Crippen LogP contribution in [-0.4, -0.2) is 78.2 Å². The first-order valence-electron chi connectivity index (χ1n) is 15.8. The zero-order valence-corrected chi connectivity index (χ0v) is 26.3. The first kappa shape index (κ1) is 31.4. The molecule has 43 heavy (non-hydrogen) atoms. The first-order valence-corrected chi connectivity index (χ1v) is 16.2. The number of carbonyl (C=O) groups is 2. The summed E-state index contributed by atoms with van der Waals surface area (Å²) in [6, 6.07) is 26.7. The van der Waals surface area contributed by atoms with Gasteiger partial charge in [-0.05, 0) is 60.3 Å². The van der Waals surface area contributed by atoms with Gasteiger partial charge in [-0.2, -0.15) is 0 Å². The molecule has 2 aliphatic heterocycles. The Bertz CT molecular complexity index is 1340. The third-order valence-electron chi connectivity index (χ3n) is 9.24. The van der Waals surface area contributed by atoms with Gasteiger partial charge in [-0.1, -0.05) is 92.2 Å². The van der Waals surface area contributed by atoms with Crippen LogP contribution >= 0.6 is 11.6 Å². The molecule has 1 fully saturated rings. The summed E-state index contributed by atoms with van der Waals surface area (Å²) in [6.07, 6.45) is 1.43. The van der Waals surface area contributed by atoms with E-state index < -0.39 is 5.92 Å². The highest BCUT2D eigenvalue weighted by Gasteiger charge is 2.34. The van der Waals surface area contributed by atoms with Crippen molar-refractivity contribution in [2.24, 2.45) is 5.92 Å². The molecule has 3 atom stereocenters. The van der Waals surface area contributed by atoms with Crippen molar-refractivity contribution >= 4 is 23.3 Å². The fourth-order valence-electron chi connectivity index (χ4n) is 6.56. The average molecular weight is 601 g/mol. The van der Waals surface area contributed by atoms with Crippen molar-refractivity contribution in [1.82, 2.24) is 20.0 Å². The number of amides is 1. The summed E-state index contributed by atoms with van der Waals surface area (Å²) in [5, 5.41) is 4.09. The lowest BCUT2D eigenvalue weighted by molar-refractivity contribution is -0.140. The molecule has 1 saturated heterocycles. The Morgan fingerprint density at radius 3 is 2.21 bits per heavy atom. The molecule has 0 unspecified atom stereocenters. The largest absolute Gasteiger partial charge is 0.340 e. The topological polar surface area (TPSA) is 55.9 Å². The van der Waals surface area contributed by atoms with Crippen molar-refractivity contribution in [3.63, 3.8) is 0 Å². The van der Waals surface area contributed by atoms with Gasteiger partial charge in [0.1, 0.15) is 0 Å². The number of ketones is 1. The van der Waals surface area contributed by atoms with Crippen LogP contribution in [0.3, 0.4) is 0 Å². The van der Waals surface area contributed by atoms with Gasteiger partial charge in [0.2, 0.25) is 5.91 Å². The Balaban J connectivity index is 1.27. The normalized spacial score (nSPS) is 18.7. The van der Waals surface area contributed by atoms with Crippen LogP contribution in [0.25, 0.3) is 0 Å². The number of hydrogen-bond donors (Lipinski definition) is 1. The number of likely N-dealkylation sites (N-methyl/N-ethyl adjacent to an activating group) is 1. The van der Waals surface area contributed by atoms with Crippen LogP contribution in [-0.2, 0) is 29.0 Å². The fraction of sp³-hybridized carbons (Fsp3) is 0.444. The molecule has 0 aromatic heterocycles. The van der Waals surface area contributed by atoms with E-state index in [2.05, 4.69) is 71.4 Å². The first-order chi connectivity index (χ1) is 20.9. The zero-order valence-electron chi connectivity index (χ0n) is 25.6. The second-order valence-corrected chi connectivity index (χ2v) is 12.3. The Labute approximate surface area is 262 Å². The summed E-state index contributed by atoms with van der Waals surface area (Å²) >= 11 is 6.15. The van der Waals surface area contributed by atoms with Gasteiger partial charge in [-0.3, -0.25) is 14.5 Å². The van der Waals surface area contributed by atoms with Gasteiger partial charge in [0, 0.05) is 62.7 Å². The van der Waals surface area contributed by atoms with Gasteiger partial charge in [-0.25, -0.2) is 0 Å². The second kappa shape index (κ2) is 15.1. The Morgan fingerprint density at radius 1 is 0.884 bits per heavy atom. The molecule has 3 aromatic carbocycles. The Hall–Kier alpha value is -3.03. The van der Waals surface area contributed by atoms with Crippen molar-refractivity contribution in [2.75, 3.05) is 45.8 Å². The lowest BCUT2D eigenvalue weighted by Gasteiger charge is -2.42. The van der Waals surface area contributed by atoms with E-state index in [1.165, 1.54) is 16.7 Å². The van der Waals surface area contributed by atoms with Crippen LogP contribution in [0, 0.1) is 5.92 Å². The van der Waals surface area contributed by atoms with E-state index in [4.69, 9.17) is 11.6 Å². The van der Waals surface area contributed by atoms with Crippen molar-refractivity contribution in [3.8, 4) is 0 Å². The number of halogens is 1. The van der Waals surface area contributed by atoms with Gasteiger partial charge in [0.25, 0.3) is 0 Å². The number of benzene rings is 3. The monoisotopic (exact) mass is 600 g/mol. The molecule has 1 N–H and O–H groups in total. The molecule has 0 bridgehead atoms. The van der Waals surface area contributed by atoms with Gasteiger partial charge < -0.3 is 15.1 Å². The number of fused-ring (bicyclic) bond motifs is 1. The lowest BCUT2D eigenvalue weighted by atomic mass is 9.87. The third kappa shape index (κ3) is 8.12. The molecule has 7 heteroatoms. The van der Waals surface area contributed by atoms with Crippen molar-refractivity contribution in [1.29, 1.82) is 0 Å². The van der Waals surface area contributed by atoms with Crippen LogP contribution < -0.4 is 5.32 Å². The summed E-state index contributed by atoms with van der Waals surface area (Å²) in [4.78, 5) is 34.7. The molecule has 2 heterocycles. The van der Waals surface area contributed by atoms with E-state index in [-0.39, 0.29) is 30.2 Å². The SMILES string of the molecule is CCN(CC)C[C@H](c1ccccc1)N1CCN(C(=O)[C@H](CC(=O)[C@H]2Cc3ccccc3CN2)Cc2ccc(Cl)cc2)CC1. The van der Waals surface area contributed by atoms with Crippen LogP contribution in [0.5, 0.6) is 0 Å². The van der Waals surface area contributed by atoms with E-state index in [9.17, 15) is 9.59 Å². The molecule has 0 saturated carbocycles. The van der Waals surface area contributed by atoms with Crippen LogP contribution in [0.15, 0.2) is 78.9 Å². The van der Waals surface area contributed by atoms with Crippen LogP contribution in [0.4, 0.5) is 0 Å². The van der Waals surface area contributed by atoms with E-state index >= 15 is 0 Å². The smallest absolute Gasteiger partial charge is 0.226 e. The van der Waals surface area contributed by atoms with Gasteiger partial charge in [0.15, 0.2) is 5.78 Å². The average Bonchev–Trinajstić information content (AvgIpc) is 3.06. The number of Topliss-reactive ketones (excluding diaryl/α,β-unsaturated/α-hetero) is 1. The molecule has 6 nitrogen and oxygen atoms in total. The highest BCUT2D eigenvalue weighted by molar-refractivity contribution is 6.30. The molecule has 0 radical (unpaired) electrons. The third-order valence-corrected chi connectivity index (χ3v) is 9.49. The molecule has 5 rings (SSSR count). The van der Waals surface area contributed by atoms with Gasteiger partial charge >= 0.3 is 0 Å². The molecule has 3 aromatic rings. The standard InChI is InChI=1S/C36H45ClN4O2/c1-3-39(4-2)26-34(28-10-6-5-7-11-28)40-18-20-41(21-19-40)36(43)31(22-27-14-16-32(37)17-15-27)24-35(42)33-23-29-12-8-9-13-30(29)25-38-33/h5-17,31,33-34,38H,3-4,18-26H2,1-2H3/t31-,33+,34+/m0/s1. The highest BCUT2D eigenvalue weighted by Crippen LogP contribution is 2.26. The summed E-state index contributed by atoms with van der Waals surface area (Å²) in [5.41, 5.74) is 4.81. The number of carbonyl (C=O) groups excluding carboxylic acids is 2. The number of nitrogens with zero attached hydrogens (tertiary/aromatic N) is 3. The van der Waals surface area contributed by atoms with Crippen molar-refractivity contribution < 1.29 is 9.59 Å². The van der Waals surface area contributed by atoms with E-state index in [1.54, 1.807) is 0 Å². The number of rotatable bonds is 12. The second-order valence-electron chi connectivity index (χ2n) is 11.9. The summed E-state index contributed by atoms with van der Waals surface area (Å²) < 4.78 is 0. The minimum Gasteiger partial charge on any atom is -0.340 e. The van der Waals surface area contributed by atoms with E-state index in [0.29, 0.717) is 37.5 Å². The molecular weight excluding hydrogens is 556 g/mol. The van der Waals surface area contributed by atoms with E-state index in [0.717, 1.165) is 38.3 Å².